The van der Waals surface area contributed by atoms with Gasteiger partial charge in [-0.3, -0.25) is 0 Å². The second kappa shape index (κ2) is 6.62. The Labute approximate surface area is 120 Å². The first-order valence-electron chi connectivity index (χ1n) is 6.58. The summed E-state index contributed by atoms with van der Waals surface area (Å²) in [5.74, 6) is 0.762. The molecule has 100 valence electrons. The first kappa shape index (κ1) is 13.9. The highest BCUT2D eigenvalue weighted by Crippen LogP contribution is 2.19. The summed E-state index contributed by atoms with van der Waals surface area (Å²) in [6.07, 6.45) is 7.56. The standard InChI is InChI=1S/C18H18N2/c1-4-5-7-10-14(2)18-19-15(3)13-17(20-18)16-11-8-6-9-12-16/h4-13H,1H2,2-3H3/b7-5-,14-10+. The molecule has 0 unspecified atom stereocenters. The third kappa shape index (κ3) is 3.51. The molecular weight excluding hydrogens is 244 g/mol. The Morgan fingerprint density at radius 3 is 2.55 bits per heavy atom. The van der Waals surface area contributed by atoms with E-state index in [0.29, 0.717) is 0 Å². The van der Waals surface area contributed by atoms with Crippen molar-refractivity contribution in [3.8, 4) is 11.3 Å². The van der Waals surface area contributed by atoms with Gasteiger partial charge in [0, 0.05) is 11.3 Å². The maximum absolute atomic E-state index is 4.64. The minimum absolute atomic E-state index is 0.762. The molecule has 0 radical (unpaired) electrons. The van der Waals surface area contributed by atoms with Gasteiger partial charge >= 0.3 is 0 Å². The van der Waals surface area contributed by atoms with E-state index in [2.05, 4.69) is 28.7 Å². The molecule has 0 spiro atoms. The molecule has 1 aromatic heterocycles. The molecule has 2 rings (SSSR count). The number of benzene rings is 1. The van der Waals surface area contributed by atoms with Gasteiger partial charge in [0.1, 0.15) is 0 Å². The minimum atomic E-state index is 0.762. The summed E-state index contributed by atoms with van der Waals surface area (Å²) < 4.78 is 0. The average Bonchev–Trinajstić information content (AvgIpc) is 2.47. The molecule has 1 aromatic carbocycles. The van der Waals surface area contributed by atoms with Crippen LogP contribution in [-0.4, -0.2) is 9.97 Å². The molecule has 0 aliphatic rings. The Balaban J connectivity index is 2.41. The van der Waals surface area contributed by atoms with Crippen molar-refractivity contribution >= 4 is 5.57 Å². The largest absolute Gasteiger partial charge is 0.234 e. The van der Waals surface area contributed by atoms with Crippen molar-refractivity contribution in [3.05, 3.63) is 78.8 Å². The van der Waals surface area contributed by atoms with Gasteiger partial charge in [-0.1, -0.05) is 61.2 Å². The summed E-state index contributed by atoms with van der Waals surface area (Å²) in [6.45, 7) is 7.65. The van der Waals surface area contributed by atoms with Crippen LogP contribution in [0.3, 0.4) is 0 Å². The zero-order chi connectivity index (χ0) is 14.4. The van der Waals surface area contributed by atoms with Crippen molar-refractivity contribution in [2.24, 2.45) is 0 Å². The molecule has 0 saturated heterocycles. The SMILES string of the molecule is C=C/C=C\C=C(/C)c1nc(C)cc(-c2ccccc2)n1. The van der Waals surface area contributed by atoms with Crippen molar-refractivity contribution in [2.45, 2.75) is 13.8 Å². The Morgan fingerprint density at radius 1 is 1.10 bits per heavy atom. The van der Waals surface area contributed by atoms with Crippen LogP contribution >= 0.6 is 0 Å². The third-order valence-corrected chi connectivity index (χ3v) is 2.87. The summed E-state index contributed by atoms with van der Waals surface area (Å²) in [5.41, 5.74) is 4.06. The average molecular weight is 262 g/mol. The summed E-state index contributed by atoms with van der Waals surface area (Å²) in [5, 5.41) is 0. The quantitative estimate of drug-likeness (QED) is 0.753. The van der Waals surface area contributed by atoms with Gasteiger partial charge in [0.2, 0.25) is 0 Å². The van der Waals surface area contributed by atoms with E-state index < -0.39 is 0 Å². The highest BCUT2D eigenvalue weighted by atomic mass is 14.9. The van der Waals surface area contributed by atoms with Crippen LogP contribution in [0.15, 0.2) is 67.3 Å². The molecule has 0 fully saturated rings. The number of nitrogens with zero attached hydrogens (tertiary/aromatic N) is 2. The number of aromatic nitrogens is 2. The van der Waals surface area contributed by atoms with E-state index in [9.17, 15) is 0 Å². The second-order valence-electron chi connectivity index (χ2n) is 4.55. The highest BCUT2D eigenvalue weighted by molar-refractivity contribution is 5.65. The van der Waals surface area contributed by atoms with Gasteiger partial charge in [-0.15, -0.1) is 0 Å². The van der Waals surface area contributed by atoms with E-state index in [1.54, 1.807) is 6.08 Å². The molecule has 0 atom stereocenters. The molecule has 0 aliphatic heterocycles. The van der Waals surface area contributed by atoms with Crippen molar-refractivity contribution in [1.29, 1.82) is 0 Å². The predicted octanol–water partition coefficient (Wildman–Crippen LogP) is 4.60. The molecular formula is C18H18N2. The van der Waals surface area contributed by atoms with Gasteiger partial charge in [0.25, 0.3) is 0 Å². The highest BCUT2D eigenvalue weighted by Gasteiger charge is 2.05. The zero-order valence-corrected chi connectivity index (χ0v) is 11.9. The summed E-state index contributed by atoms with van der Waals surface area (Å²) in [4.78, 5) is 9.14. The number of aryl methyl sites for hydroxylation is 1. The first-order chi connectivity index (χ1) is 9.70. The molecule has 1 heterocycles. The number of rotatable bonds is 4. The van der Waals surface area contributed by atoms with Crippen LogP contribution in [0.25, 0.3) is 16.8 Å². The monoisotopic (exact) mass is 262 g/mol. The van der Waals surface area contributed by atoms with Crippen LogP contribution in [-0.2, 0) is 0 Å². The first-order valence-corrected chi connectivity index (χ1v) is 6.58. The van der Waals surface area contributed by atoms with E-state index in [1.807, 2.05) is 56.3 Å². The smallest absolute Gasteiger partial charge is 0.155 e. The molecule has 20 heavy (non-hydrogen) atoms. The molecule has 0 saturated carbocycles. The lowest BCUT2D eigenvalue weighted by atomic mass is 10.1. The normalized spacial score (nSPS) is 11.8. The van der Waals surface area contributed by atoms with Crippen LogP contribution in [0, 0.1) is 6.92 Å². The van der Waals surface area contributed by atoms with Crippen LogP contribution in [0.2, 0.25) is 0 Å². The fourth-order valence-corrected chi connectivity index (χ4v) is 1.85. The summed E-state index contributed by atoms with van der Waals surface area (Å²) in [7, 11) is 0. The lowest BCUT2D eigenvalue weighted by Gasteiger charge is -2.06. The van der Waals surface area contributed by atoms with Gasteiger partial charge in [0.15, 0.2) is 5.82 Å². The van der Waals surface area contributed by atoms with Gasteiger partial charge < -0.3 is 0 Å². The molecule has 0 N–H and O–H groups in total. The summed E-state index contributed by atoms with van der Waals surface area (Å²) in [6, 6.07) is 12.2. The minimum Gasteiger partial charge on any atom is -0.234 e. The molecule has 2 heteroatoms. The molecule has 0 bridgehead atoms. The third-order valence-electron chi connectivity index (χ3n) is 2.87. The van der Waals surface area contributed by atoms with E-state index in [1.165, 1.54) is 0 Å². The summed E-state index contributed by atoms with van der Waals surface area (Å²) >= 11 is 0. The van der Waals surface area contributed by atoms with E-state index in [0.717, 1.165) is 28.3 Å². The van der Waals surface area contributed by atoms with Crippen LogP contribution in [0.4, 0.5) is 0 Å². The lowest BCUT2D eigenvalue weighted by Crippen LogP contribution is -1.97. The second-order valence-corrected chi connectivity index (χ2v) is 4.55. The molecule has 0 amide bonds. The Morgan fingerprint density at radius 2 is 1.85 bits per heavy atom. The van der Waals surface area contributed by atoms with Gasteiger partial charge in [0.05, 0.1) is 5.69 Å². The molecule has 2 aromatic rings. The topological polar surface area (TPSA) is 25.8 Å². The fraction of sp³-hybridized carbons (Fsp3) is 0.111. The lowest BCUT2D eigenvalue weighted by molar-refractivity contribution is 1.06. The van der Waals surface area contributed by atoms with E-state index in [-0.39, 0.29) is 0 Å². The maximum atomic E-state index is 4.64. The van der Waals surface area contributed by atoms with Crippen LogP contribution in [0.5, 0.6) is 0 Å². The zero-order valence-electron chi connectivity index (χ0n) is 11.9. The van der Waals surface area contributed by atoms with E-state index >= 15 is 0 Å². The Hall–Kier alpha value is -2.48. The molecule has 2 nitrogen and oxygen atoms in total. The van der Waals surface area contributed by atoms with Crippen molar-refractivity contribution < 1.29 is 0 Å². The maximum Gasteiger partial charge on any atom is 0.155 e. The number of hydrogen-bond donors (Lipinski definition) is 0. The van der Waals surface area contributed by atoms with E-state index in [4.69, 9.17) is 0 Å². The fourth-order valence-electron chi connectivity index (χ4n) is 1.85. The van der Waals surface area contributed by atoms with Crippen LogP contribution < -0.4 is 0 Å². The van der Waals surface area contributed by atoms with Crippen molar-refractivity contribution in [1.82, 2.24) is 9.97 Å². The predicted molar refractivity (Wildman–Crippen MR) is 85.2 cm³/mol. The van der Waals surface area contributed by atoms with Gasteiger partial charge in [-0.25, -0.2) is 9.97 Å². The van der Waals surface area contributed by atoms with Crippen molar-refractivity contribution in [2.75, 3.05) is 0 Å². The van der Waals surface area contributed by atoms with Crippen LogP contribution in [0.1, 0.15) is 18.4 Å². The van der Waals surface area contributed by atoms with Gasteiger partial charge in [-0.2, -0.15) is 0 Å². The number of allylic oxidation sites excluding steroid dienone is 5. The Kier molecular flexibility index (Phi) is 4.61. The number of hydrogen-bond acceptors (Lipinski definition) is 2. The molecule has 0 aliphatic carbocycles. The van der Waals surface area contributed by atoms with Crippen molar-refractivity contribution in [3.63, 3.8) is 0 Å². The van der Waals surface area contributed by atoms with Gasteiger partial charge in [-0.05, 0) is 25.5 Å². The Bertz CT molecular complexity index is 652.